The van der Waals surface area contributed by atoms with Gasteiger partial charge in [0.05, 0.1) is 12.1 Å². The van der Waals surface area contributed by atoms with E-state index in [2.05, 4.69) is 22.4 Å². The number of hydrogen-bond donors (Lipinski definition) is 0. The Morgan fingerprint density at radius 2 is 1.84 bits per heavy atom. The van der Waals surface area contributed by atoms with Crippen molar-refractivity contribution in [3.8, 4) is 0 Å². The molecule has 132 valence electrons. The fourth-order valence-corrected chi connectivity index (χ4v) is 4.72. The molecule has 2 heterocycles. The van der Waals surface area contributed by atoms with E-state index >= 15 is 0 Å². The normalized spacial score (nSPS) is 15.3. The number of nitrogens with zero attached hydrogens (tertiary/aromatic N) is 2. The second-order valence-corrected chi connectivity index (χ2v) is 8.18. The van der Waals surface area contributed by atoms with Crippen molar-refractivity contribution in [2.75, 3.05) is 32.7 Å². The Morgan fingerprint density at radius 1 is 1.08 bits per heavy atom. The summed E-state index contributed by atoms with van der Waals surface area (Å²) >= 11 is 3.45. The Hall–Kier alpha value is -1.63. The monoisotopic (exact) mass is 374 g/mol. The molecule has 0 atom stereocenters. The molecule has 0 radical (unpaired) electrons. The third kappa shape index (κ3) is 4.93. The number of amides is 1. The lowest BCUT2D eigenvalue weighted by molar-refractivity contribution is -0.118. The molecule has 2 aromatic rings. The highest BCUT2D eigenvalue weighted by Crippen LogP contribution is 2.28. The molecule has 1 aliphatic rings. The molecule has 6 heteroatoms. The molecule has 0 N–H and O–H groups in total. The molecule has 3 rings (SSSR count). The van der Waals surface area contributed by atoms with Crippen LogP contribution < -0.4 is 0 Å². The molecule has 0 saturated carbocycles. The van der Waals surface area contributed by atoms with Crippen molar-refractivity contribution in [1.29, 1.82) is 0 Å². The molecular weight excluding hydrogens is 352 g/mol. The van der Waals surface area contributed by atoms with Crippen LogP contribution in [0.5, 0.6) is 0 Å². The van der Waals surface area contributed by atoms with Crippen LogP contribution in [-0.2, 0) is 10.5 Å². The van der Waals surface area contributed by atoms with Crippen LogP contribution in [0.4, 0.5) is 0 Å². The highest BCUT2D eigenvalue weighted by Gasteiger charge is 2.24. The summed E-state index contributed by atoms with van der Waals surface area (Å²) < 4.78 is 0. The SMILES string of the molecule is CC(=O)CN1CCN(C(=O)c2ccccc2SCc2cccs2)CC1. The average molecular weight is 375 g/mol. The fourth-order valence-electron chi connectivity index (χ4n) is 2.91. The first-order valence-corrected chi connectivity index (χ1v) is 10.3. The van der Waals surface area contributed by atoms with Gasteiger partial charge in [-0.15, -0.1) is 23.1 Å². The van der Waals surface area contributed by atoms with Gasteiger partial charge >= 0.3 is 0 Å². The molecule has 0 unspecified atom stereocenters. The van der Waals surface area contributed by atoms with Gasteiger partial charge in [-0.05, 0) is 30.5 Å². The first-order valence-electron chi connectivity index (χ1n) is 8.39. The van der Waals surface area contributed by atoms with E-state index in [0.29, 0.717) is 19.6 Å². The zero-order chi connectivity index (χ0) is 17.6. The van der Waals surface area contributed by atoms with Crippen LogP contribution >= 0.6 is 23.1 Å². The van der Waals surface area contributed by atoms with Crippen LogP contribution in [0.3, 0.4) is 0 Å². The minimum atomic E-state index is 0.0942. The zero-order valence-electron chi connectivity index (χ0n) is 14.3. The molecule has 4 nitrogen and oxygen atoms in total. The number of benzene rings is 1. The van der Waals surface area contributed by atoms with E-state index in [4.69, 9.17) is 0 Å². The maximum atomic E-state index is 12.9. The van der Waals surface area contributed by atoms with E-state index in [1.54, 1.807) is 30.0 Å². The first-order chi connectivity index (χ1) is 12.1. The van der Waals surface area contributed by atoms with Crippen LogP contribution in [0.25, 0.3) is 0 Å². The van der Waals surface area contributed by atoms with Crippen molar-refractivity contribution >= 4 is 34.8 Å². The minimum absolute atomic E-state index is 0.0942. The number of carbonyl (C=O) groups excluding carboxylic acids is 2. The molecule has 1 aliphatic heterocycles. The number of ketones is 1. The molecule has 25 heavy (non-hydrogen) atoms. The predicted octanol–water partition coefficient (Wildman–Crippen LogP) is 3.39. The van der Waals surface area contributed by atoms with Gasteiger partial charge in [-0.2, -0.15) is 0 Å². The first kappa shape index (κ1) is 18.2. The van der Waals surface area contributed by atoms with Crippen molar-refractivity contribution in [2.45, 2.75) is 17.6 Å². The molecule has 0 spiro atoms. The third-order valence-corrected chi connectivity index (χ3v) is 6.35. The minimum Gasteiger partial charge on any atom is -0.336 e. The van der Waals surface area contributed by atoms with E-state index in [1.807, 2.05) is 29.2 Å². The van der Waals surface area contributed by atoms with E-state index in [0.717, 1.165) is 29.3 Å². The van der Waals surface area contributed by atoms with Crippen molar-refractivity contribution in [3.63, 3.8) is 0 Å². The van der Waals surface area contributed by atoms with Gasteiger partial charge in [-0.25, -0.2) is 0 Å². The van der Waals surface area contributed by atoms with Crippen LogP contribution in [0.1, 0.15) is 22.2 Å². The Bertz CT molecular complexity index is 723. The molecule has 1 fully saturated rings. The zero-order valence-corrected chi connectivity index (χ0v) is 15.9. The summed E-state index contributed by atoms with van der Waals surface area (Å²) in [5.74, 6) is 1.15. The molecule has 0 bridgehead atoms. The van der Waals surface area contributed by atoms with E-state index < -0.39 is 0 Å². The molecule has 0 aliphatic carbocycles. The van der Waals surface area contributed by atoms with Gasteiger partial charge in [0.25, 0.3) is 5.91 Å². The van der Waals surface area contributed by atoms with E-state index in [-0.39, 0.29) is 11.7 Å². The summed E-state index contributed by atoms with van der Waals surface area (Å²) in [5.41, 5.74) is 0.782. The van der Waals surface area contributed by atoms with Gasteiger partial charge in [0, 0.05) is 41.7 Å². The van der Waals surface area contributed by atoms with Gasteiger partial charge in [0.1, 0.15) is 5.78 Å². The smallest absolute Gasteiger partial charge is 0.255 e. The Kier molecular flexibility index (Phi) is 6.29. The van der Waals surface area contributed by atoms with Crippen LogP contribution in [0.15, 0.2) is 46.7 Å². The second-order valence-electron chi connectivity index (χ2n) is 6.13. The van der Waals surface area contributed by atoms with Crippen molar-refractivity contribution in [2.24, 2.45) is 0 Å². The number of thiophene rings is 1. The van der Waals surface area contributed by atoms with Gasteiger partial charge in [-0.3, -0.25) is 14.5 Å². The predicted molar refractivity (Wildman–Crippen MR) is 103 cm³/mol. The lowest BCUT2D eigenvalue weighted by Gasteiger charge is -2.34. The maximum absolute atomic E-state index is 12.9. The van der Waals surface area contributed by atoms with Gasteiger partial charge in [0.2, 0.25) is 0 Å². The lowest BCUT2D eigenvalue weighted by atomic mass is 10.1. The Labute approximate surface area is 156 Å². The summed E-state index contributed by atoms with van der Waals surface area (Å²) in [4.78, 5) is 30.5. The highest BCUT2D eigenvalue weighted by molar-refractivity contribution is 7.98. The van der Waals surface area contributed by atoms with Crippen molar-refractivity contribution in [3.05, 3.63) is 52.2 Å². The largest absolute Gasteiger partial charge is 0.336 e. The van der Waals surface area contributed by atoms with Crippen molar-refractivity contribution in [1.82, 2.24) is 9.80 Å². The summed E-state index contributed by atoms with van der Waals surface area (Å²) in [6.45, 7) is 4.96. The summed E-state index contributed by atoms with van der Waals surface area (Å²) in [6.07, 6.45) is 0. The fraction of sp³-hybridized carbons (Fsp3) is 0.368. The molecule has 1 aromatic carbocycles. The van der Waals surface area contributed by atoms with Crippen molar-refractivity contribution < 1.29 is 9.59 Å². The van der Waals surface area contributed by atoms with Crippen LogP contribution in [-0.4, -0.2) is 54.2 Å². The number of carbonyl (C=O) groups is 2. The van der Waals surface area contributed by atoms with Gasteiger partial charge in [-0.1, -0.05) is 18.2 Å². The lowest BCUT2D eigenvalue weighted by Crippen LogP contribution is -2.49. The van der Waals surface area contributed by atoms with Gasteiger partial charge in [0.15, 0.2) is 0 Å². The van der Waals surface area contributed by atoms with Gasteiger partial charge < -0.3 is 4.90 Å². The van der Waals surface area contributed by atoms with Crippen LogP contribution in [0.2, 0.25) is 0 Å². The molecule has 1 amide bonds. The quantitative estimate of drug-likeness (QED) is 0.727. The summed E-state index contributed by atoms with van der Waals surface area (Å²) in [5, 5.41) is 2.08. The molecular formula is C19H22N2O2S2. The van der Waals surface area contributed by atoms with Crippen LogP contribution in [0, 0.1) is 0 Å². The Balaban J connectivity index is 1.63. The van der Waals surface area contributed by atoms with E-state index in [1.165, 1.54) is 4.88 Å². The molecule has 1 aromatic heterocycles. The molecule has 1 saturated heterocycles. The number of rotatable bonds is 6. The highest BCUT2D eigenvalue weighted by atomic mass is 32.2. The third-order valence-electron chi connectivity index (χ3n) is 4.17. The Morgan fingerprint density at radius 3 is 2.52 bits per heavy atom. The second kappa shape index (κ2) is 8.65. The maximum Gasteiger partial charge on any atom is 0.255 e. The number of thioether (sulfide) groups is 1. The number of piperazine rings is 1. The topological polar surface area (TPSA) is 40.6 Å². The summed E-state index contributed by atoms with van der Waals surface area (Å²) in [7, 11) is 0. The summed E-state index contributed by atoms with van der Waals surface area (Å²) in [6, 6.07) is 12.0. The van der Waals surface area contributed by atoms with E-state index in [9.17, 15) is 9.59 Å². The average Bonchev–Trinajstić information content (AvgIpc) is 3.13. The number of hydrogen-bond acceptors (Lipinski definition) is 5. The standard InChI is InChI=1S/C19H22N2O2S2/c1-15(22)13-20-8-10-21(11-9-20)19(23)17-6-2-3-7-18(17)25-14-16-5-4-12-24-16/h2-7,12H,8-11,13-14H2,1H3. The number of Topliss-reactive ketones (excluding diaryl/α,β-unsaturated/α-hetero) is 1.